The molecule has 0 aliphatic carbocycles. The fraction of sp³-hybridized carbons (Fsp3) is 0.526. The van der Waals surface area contributed by atoms with Crippen LogP contribution in [0.5, 0.6) is 0 Å². The Morgan fingerprint density at radius 2 is 1.93 bits per heavy atom. The minimum absolute atomic E-state index is 0.0808. The van der Waals surface area contributed by atoms with Gasteiger partial charge in [0.05, 0.1) is 31.7 Å². The number of amides is 1. The van der Waals surface area contributed by atoms with E-state index in [-0.39, 0.29) is 25.2 Å². The molecule has 1 aromatic carbocycles. The number of fused-ring (bicyclic) bond motifs is 1. The normalized spacial score (nSPS) is 20.1. The number of aromatic nitrogens is 2. The molecule has 0 spiro atoms. The molecular formula is C19H26N5O4+. The summed E-state index contributed by atoms with van der Waals surface area (Å²) in [6.07, 6.45) is 3.33. The second kappa shape index (κ2) is 7.86. The molecule has 28 heavy (non-hydrogen) atoms. The van der Waals surface area contributed by atoms with Crippen molar-refractivity contribution in [2.24, 2.45) is 0 Å². The fourth-order valence-electron chi connectivity index (χ4n) is 3.89. The molecule has 2 fully saturated rings. The number of aliphatic hydroxyl groups is 2. The number of anilines is 1. The van der Waals surface area contributed by atoms with Crippen molar-refractivity contribution in [2.75, 3.05) is 43.5 Å². The summed E-state index contributed by atoms with van der Waals surface area (Å²) in [5.41, 5.74) is 7.46. The van der Waals surface area contributed by atoms with Crippen LogP contribution in [-0.2, 0) is 22.7 Å². The van der Waals surface area contributed by atoms with Gasteiger partial charge in [-0.15, -0.1) is 0 Å². The molecule has 0 bridgehead atoms. The standard InChI is InChI=1S/C19H26N5O4/c20-18-16-9-15(12-26)14(11-25)8-13(16)10-24(21-18)23-5-3-22(4-6-23)19(27)17-2-1-7-28-17/h8-10,17,25-26H,1-7,11-12H2,(H2,20,21)/q+1. The first-order valence-corrected chi connectivity index (χ1v) is 9.62. The maximum absolute atomic E-state index is 12.5. The Balaban J connectivity index is 1.52. The highest BCUT2D eigenvalue weighted by Gasteiger charge is 2.32. The number of piperazine rings is 1. The van der Waals surface area contributed by atoms with Crippen LogP contribution in [0.15, 0.2) is 18.3 Å². The lowest BCUT2D eigenvalue weighted by Gasteiger charge is -2.32. The molecule has 4 rings (SSSR count). The third-order valence-electron chi connectivity index (χ3n) is 5.52. The van der Waals surface area contributed by atoms with E-state index in [4.69, 9.17) is 10.5 Å². The van der Waals surface area contributed by atoms with Gasteiger partial charge in [0.2, 0.25) is 12.0 Å². The third-order valence-corrected chi connectivity index (χ3v) is 5.52. The van der Waals surface area contributed by atoms with E-state index >= 15 is 0 Å². The molecule has 2 aromatic rings. The van der Waals surface area contributed by atoms with E-state index < -0.39 is 0 Å². The predicted octanol–water partition coefficient (Wildman–Crippen LogP) is -0.952. The Hall–Kier alpha value is -2.49. The highest BCUT2D eigenvalue weighted by molar-refractivity contribution is 5.90. The van der Waals surface area contributed by atoms with Gasteiger partial charge in [0.1, 0.15) is 6.10 Å². The van der Waals surface area contributed by atoms with E-state index in [1.165, 1.54) is 0 Å². The number of nitrogen functional groups attached to an aromatic ring is 1. The smallest absolute Gasteiger partial charge is 0.251 e. The summed E-state index contributed by atoms with van der Waals surface area (Å²) in [4.78, 5) is 16.1. The minimum Gasteiger partial charge on any atom is -0.392 e. The highest BCUT2D eigenvalue weighted by Crippen LogP contribution is 2.23. The van der Waals surface area contributed by atoms with Crippen LogP contribution < -0.4 is 15.5 Å². The molecule has 9 nitrogen and oxygen atoms in total. The third kappa shape index (κ3) is 3.48. The van der Waals surface area contributed by atoms with E-state index in [0.29, 0.717) is 49.7 Å². The molecule has 1 atom stereocenters. The van der Waals surface area contributed by atoms with Crippen LogP contribution in [0.4, 0.5) is 5.82 Å². The van der Waals surface area contributed by atoms with E-state index in [1.807, 2.05) is 22.2 Å². The Morgan fingerprint density at radius 3 is 2.57 bits per heavy atom. The molecule has 2 aliphatic rings. The van der Waals surface area contributed by atoms with Gasteiger partial charge in [-0.05, 0) is 36.1 Å². The van der Waals surface area contributed by atoms with Gasteiger partial charge in [-0.1, -0.05) is 0 Å². The zero-order valence-corrected chi connectivity index (χ0v) is 15.8. The first kappa shape index (κ1) is 18.9. The van der Waals surface area contributed by atoms with Gasteiger partial charge >= 0.3 is 0 Å². The van der Waals surface area contributed by atoms with Crippen LogP contribution >= 0.6 is 0 Å². The van der Waals surface area contributed by atoms with E-state index in [2.05, 4.69) is 5.10 Å². The average Bonchev–Trinajstić information content (AvgIpc) is 3.27. The summed E-state index contributed by atoms with van der Waals surface area (Å²) >= 11 is 0. The van der Waals surface area contributed by atoms with Crippen molar-refractivity contribution < 1.29 is 24.5 Å². The SMILES string of the molecule is Nc1n[n+](N2CCN(C(=O)C3CCCO3)CC2)cc2cc(CO)c(CO)cc12. The molecule has 150 valence electrons. The molecule has 1 aromatic heterocycles. The van der Waals surface area contributed by atoms with E-state index in [1.54, 1.807) is 10.9 Å². The first-order chi connectivity index (χ1) is 13.6. The summed E-state index contributed by atoms with van der Waals surface area (Å²) in [6, 6.07) is 3.60. The lowest BCUT2D eigenvalue weighted by molar-refractivity contribution is -0.748. The lowest BCUT2D eigenvalue weighted by Crippen LogP contribution is -2.67. The van der Waals surface area contributed by atoms with E-state index in [9.17, 15) is 15.0 Å². The molecule has 9 heteroatoms. The molecule has 4 N–H and O–H groups in total. The number of hydrogen-bond donors (Lipinski definition) is 3. The molecule has 1 unspecified atom stereocenters. The van der Waals surface area contributed by atoms with Gasteiger partial charge in [0.25, 0.3) is 5.91 Å². The van der Waals surface area contributed by atoms with E-state index in [0.717, 1.165) is 23.6 Å². The van der Waals surface area contributed by atoms with Crippen molar-refractivity contribution in [3.05, 3.63) is 29.5 Å². The van der Waals surface area contributed by atoms with Crippen molar-refractivity contribution in [2.45, 2.75) is 32.2 Å². The van der Waals surface area contributed by atoms with Crippen LogP contribution in [0, 0.1) is 0 Å². The fourth-order valence-corrected chi connectivity index (χ4v) is 3.89. The Kier molecular flexibility index (Phi) is 5.29. The number of nitrogens with two attached hydrogens (primary N) is 1. The number of carbonyl (C=O) groups is 1. The first-order valence-electron chi connectivity index (χ1n) is 9.62. The molecular weight excluding hydrogens is 362 g/mol. The highest BCUT2D eigenvalue weighted by atomic mass is 16.5. The van der Waals surface area contributed by atoms with Crippen molar-refractivity contribution in [3.8, 4) is 0 Å². The number of benzene rings is 1. The quantitative estimate of drug-likeness (QED) is 0.578. The predicted molar refractivity (Wildman–Crippen MR) is 102 cm³/mol. The van der Waals surface area contributed by atoms with Crippen molar-refractivity contribution in [3.63, 3.8) is 0 Å². The van der Waals surface area contributed by atoms with Crippen LogP contribution in [0.25, 0.3) is 10.8 Å². The van der Waals surface area contributed by atoms with Crippen molar-refractivity contribution >= 4 is 22.5 Å². The second-order valence-electron chi connectivity index (χ2n) is 7.24. The Morgan fingerprint density at radius 1 is 1.21 bits per heavy atom. The number of hydrogen-bond acceptors (Lipinski definition) is 7. The van der Waals surface area contributed by atoms with Crippen LogP contribution in [0.2, 0.25) is 0 Å². The lowest BCUT2D eigenvalue weighted by atomic mass is 10.0. The van der Waals surface area contributed by atoms with Gasteiger partial charge < -0.3 is 25.6 Å². The summed E-state index contributed by atoms with van der Waals surface area (Å²) in [7, 11) is 0. The Labute approximate surface area is 162 Å². The number of carbonyl (C=O) groups excluding carboxylic acids is 1. The topological polar surface area (TPSA) is 116 Å². The molecule has 2 saturated heterocycles. The van der Waals surface area contributed by atoms with Gasteiger partial charge in [-0.3, -0.25) is 4.79 Å². The summed E-state index contributed by atoms with van der Waals surface area (Å²) in [5.74, 6) is 0.437. The van der Waals surface area contributed by atoms with Crippen LogP contribution in [0.3, 0.4) is 0 Å². The van der Waals surface area contributed by atoms with Crippen molar-refractivity contribution in [1.82, 2.24) is 10.00 Å². The number of rotatable bonds is 4. The maximum Gasteiger partial charge on any atom is 0.251 e. The summed E-state index contributed by atoms with van der Waals surface area (Å²) < 4.78 is 5.51. The molecule has 2 aliphatic heterocycles. The van der Waals surface area contributed by atoms with Gasteiger partial charge in [-0.25, -0.2) is 0 Å². The summed E-state index contributed by atoms with van der Waals surface area (Å²) in [5, 5.41) is 27.1. The zero-order chi connectivity index (χ0) is 19.7. The molecule has 0 radical (unpaired) electrons. The molecule has 3 heterocycles. The van der Waals surface area contributed by atoms with Gasteiger partial charge in [0.15, 0.2) is 0 Å². The Bertz CT molecular complexity index is 876. The number of nitrogens with zero attached hydrogens (tertiary/aromatic N) is 4. The molecule has 0 saturated carbocycles. The summed E-state index contributed by atoms with van der Waals surface area (Å²) in [6.45, 7) is 2.85. The average molecular weight is 388 g/mol. The molecule has 1 amide bonds. The minimum atomic E-state index is -0.286. The number of ether oxygens (including phenoxy) is 1. The van der Waals surface area contributed by atoms with Gasteiger partial charge in [0, 0.05) is 35.0 Å². The van der Waals surface area contributed by atoms with Gasteiger partial charge in [-0.2, -0.15) is 5.01 Å². The van der Waals surface area contributed by atoms with Crippen molar-refractivity contribution in [1.29, 1.82) is 0 Å². The zero-order valence-electron chi connectivity index (χ0n) is 15.8. The van der Waals surface area contributed by atoms with Crippen LogP contribution in [-0.4, -0.2) is 65.0 Å². The largest absolute Gasteiger partial charge is 0.392 e. The maximum atomic E-state index is 12.5. The monoisotopic (exact) mass is 388 g/mol. The second-order valence-corrected chi connectivity index (χ2v) is 7.24. The number of aliphatic hydroxyl groups excluding tert-OH is 2. The van der Waals surface area contributed by atoms with Crippen LogP contribution in [0.1, 0.15) is 24.0 Å².